The van der Waals surface area contributed by atoms with Crippen LogP contribution in [0.1, 0.15) is 53.2 Å². The van der Waals surface area contributed by atoms with Gasteiger partial charge in [-0.05, 0) is 54.5 Å². The molecule has 1 heterocycles. The van der Waals surface area contributed by atoms with Crippen molar-refractivity contribution in [2.24, 2.45) is 0 Å². The Kier molecular flexibility index (Phi) is 8.81. The first-order chi connectivity index (χ1) is 19.2. The van der Waals surface area contributed by atoms with Crippen molar-refractivity contribution in [2.75, 3.05) is 6.54 Å². The summed E-state index contributed by atoms with van der Waals surface area (Å²) in [5.74, 6) is 0.0798. The van der Waals surface area contributed by atoms with Crippen LogP contribution >= 0.6 is 0 Å². The molecule has 4 aromatic rings. The van der Waals surface area contributed by atoms with Crippen LogP contribution in [0.2, 0.25) is 0 Å². The fourth-order valence-electron chi connectivity index (χ4n) is 4.89. The molecule has 1 aliphatic rings. The van der Waals surface area contributed by atoms with E-state index in [2.05, 4.69) is 74.4 Å². The number of unbranched alkanes of at least 4 members (excludes halogenated alkanes) is 1. The van der Waals surface area contributed by atoms with E-state index in [-0.39, 0.29) is 11.8 Å². The van der Waals surface area contributed by atoms with Gasteiger partial charge in [0.05, 0.1) is 12.5 Å². The quantitative estimate of drug-likeness (QED) is 0.190. The van der Waals surface area contributed by atoms with Gasteiger partial charge in [0, 0.05) is 18.5 Å². The van der Waals surface area contributed by atoms with Gasteiger partial charge in [-0.3, -0.25) is 9.59 Å². The largest absolute Gasteiger partial charge is 0.350 e. The molecule has 1 aliphatic carbocycles. The minimum atomic E-state index is -0.623. The van der Waals surface area contributed by atoms with Crippen LogP contribution in [-0.4, -0.2) is 40.4 Å². The summed E-state index contributed by atoms with van der Waals surface area (Å²) < 4.78 is 0. The molecule has 39 heavy (non-hydrogen) atoms. The second-order valence-electron chi connectivity index (χ2n) is 10.1. The normalized spacial score (nSPS) is 16.8. The second kappa shape index (κ2) is 13.0. The zero-order chi connectivity index (χ0) is 26.9. The molecule has 0 radical (unpaired) electrons. The SMILES string of the molecule is O=C(NC(CCCCNC1CC1c1ccccc1)C(=O)NCc1ccc(-c2ccccc2)cc1)c1cnc[nH]1. The summed E-state index contributed by atoms with van der Waals surface area (Å²) in [6.45, 7) is 1.29. The molecule has 0 saturated heterocycles. The highest BCUT2D eigenvalue weighted by Gasteiger charge is 2.37. The van der Waals surface area contributed by atoms with E-state index in [1.165, 1.54) is 24.5 Å². The zero-order valence-corrected chi connectivity index (χ0v) is 22.0. The van der Waals surface area contributed by atoms with Crippen molar-refractivity contribution in [1.29, 1.82) is 0 Å². The highest BCUT2D eigenvalue weighted by Crippen LogP contribution is 2.40. The third-order valence-corrected chi connectivity index (χ3v) is 7.24. The molecule has 4 N–H and O–H groups in total. The van der Waals surface area contributed by atoms with Crippen molar-refractivity contribution in [2.45, 2.75) is 50.2 Å². The molecule has 0 bridgehead atoms. The predicted molar refractivity (Wildman–Crippen MR) is 153 cm³/mol. The average Bonchev–Trinajstić information content (AvgIpc) is 3.54. The molecule has 1 fully saturated rings. The van der Waals surface area contributed by atoms with Gasteiger partial charge in [0.1, 0.15) is 11.7 Å². The number of aromatic amines is 1. The maximum atomic E-state index is 13.1. The molecular formula is C32H35N5O2. The fraction of sp³-hybridized carbons (Fsp3) is 0.281. The second-order valence-corrected chi connectivity index (χ2v) is 10.1. The average molecular weight is 522 g/mol. The predicted octanol–water partition coefficient (Wildman–Crippen LogP) is 4.81. The fourth-order valence-corrected chi connectivity index (χ4v) is 4.89. The van der Waals surface area contributed by atoms with Crippen molar-refractivity contribution in [3.8, 4) is 11.1 Å². The first kappa shape index (κ1) is 26.4. The lowest BCUT2D eigenvalue weighted by molar-refractivity contribution is -0.123. The molecule has 1 saturated carbocycles. The van der Waals surface area contributed by atoms with Gasteiger partial charge in [0.25, 0.3) is 5.91 Å². The molecule has 5 rings (SSSR count). The van der Waals surface area contributed by atoms with E-state index in [9.17, 15) is 9.59 Å². The first-order valence-electron chi connectivity index (χ1n) is 13.7. The summed E-state index contributed by atoms with van der Waals surface area (Å²) in [4.78, 5) is 32.5. The van der Waals surface area contributed by atoms with E-state index >= 15 is 0 Å². The Labute approximate surface area is 229 Å². The highest BCUT2D eigenvalue weighted by atomic mass is 16.2. The van der Waals surface area contributed by atoms with E-state index in [1.807, 2.05) is 36.4 Å². The van der Waals surface area contributed by atoms with Gasteiger partial charge < -0.3 is 20.9 Å². The maximum absolute atomic E-state index is 13.1. The van der Waals surface area contributed by atoms with Crippen molar-refractivity contribution in [3.05, 3.63) is 114 Å². The summed E-state index contributed by atoms with van der Waals surface area (Å²) in [6.07, 6.45) is 6.40. The smallest absolute Gasteiger partial charge is 0.269 e. The Morgan fingerprint density at radius 2 is 1.62 bits per heavy atom. The van der Waals surface area contributed by atoms with Gasteiger partial charge in [-0.2, -0.15) is 0 Å². The summed E-state index contributed by atoms with van der Waals surface area (Å²) in [5.41, 5.74) is 5.02. The highest BCUT2D eigenvalue weighted by molar-refractivity contribution is 5.95. The molecule has 3 unspecified atom stereocenters. The van der Waals surface area contributed by atoms with Gasteiger partial charge in [-0.15, -0.1) is 0 Å². The minimum Gasteiger partial charge on any atom is -0.350 e. The lowest BCUT2D eigenvalue weighted by atomic mass is 10.0. The molecule has 0 spiro atoms. The third kappa shape index (κ3) is 7.42. The number of benzene rings is 3. The van der Waals surface area contributed by atoms with Crippen LogP contribution in [0.5, 0.6) is 0 Å². The topological polar surface area (TPSA) is 98.9 Å². The molecule has 2 amide bonds. The van der Waals surface area contributed by atoms with Crippen LogP contribution in [0.3, 0.4) is 0 Å². The number of hydrogen-bond acceptors (Lipinski definition) is 4. The zero-order valence-electron chi connectivity index (χ0n) is 22.0. The number of carbonyl (C=O) groups excluding carboxylic acids is 2. The Bertz CT molecular complexity index is 1320. The van der Waals surface area contributed by atoms with Gasteiger partial charge in [-0.1, -0.05) is 84.9 Å². The number of carbonyl (C=O) groups is 2. The number of amides is 2. The van der Waals surface area contributed by atoms with Gasteiger partial charge >= 0.3 is 0 Å². The van der Waals surface area contributed by atoms with Crippen LogP contribution in [-0.2, 0) is 11.3 Å². The van der Waals surface area contributed by atoms with Crippen LogP contribution < -0.4 is 16.0 Å². The lowest BCUT2D eigenvalue weighted by Gasteiger charge is -2.18. The molecule has 1 aromatic heterocycles. The van der Waals surface area contributed by atoms with Gasteiger partial charge in [-0.25, -0.2) is 4.98 Å². The van der Waals surface area contributed by atoms with Crippen molar-refractivity contribution in [1.82, 2.24) is 25.9 Å². The molecule has 3 aromatic carbocycles. The van der Waals surface area contributed by atoms with E-state index in [1.54, 1.807) is 0 Å². The van der Waals surface area contributed by atoms with Crippen LogP contribution in [0.4, 0.5) is 0 Å². The number of H-pyrrole nitrogens is 1. The molecule has 7 nitrogen and oxygen atoms in total. The Morgan fingerprint density at radius 3 is 2.33 bits per heavy atom. The minimum absolute atomic E-state index is 0.186. The van der Waals surface area contributed by atoms with E-state index < -0.39 is 6.04 Å². The van der Waals surface area contributed by atoms with E-state index in [4.69, 9.17) is 0 Å². The van der Waals surface area contributed by atoms with E-state index in [0.29, 0.717) is 30.6 Å². The number of nitrogens with zero attached hydrogens (tertiary/aromatic N) is 1. The number of nitrogens with one attached hydrogen (secondary N) is 4. The molecular weight excluding hydrogens is 486 g/mol. The molecule has 7 heteroatoms. The molecule has 200 valence electrons. The Morgan fingerprint density at radius 1 is 0.897 bits per heavy atom. The monoisotopic (exact) mass is 521 g/mol. The summed E-state index contributed by atoms with van der Waals surface area (Å²) in [7, 11) is 0. The van der Waals surface area contributed by atoms with Gasteiger partial charge in [0.2, 0.25) is 5.91 Å². The van der Waals surface area contributed by atoms with E-state index in [0.717, 1.165) is 36.1 Å². The Hall–Kier alpha value is -4.23. The van der Waals surface area contributed by atoms with Crippen LogP contribution in [0.15, 0.2) is 97.5 Å². The standard InChI is InChI=1S/C32H35N5O2/c38-31(35-20-23-14-16-25(17-15-23)24-9-3-1-4-10-24)28(37-32(39)30-21-33-22-36-30)13-7-8-18-34-29-19-27(29)26-11-5-2-6-12-26/h1-6,9-12,14-17,21-22,27-29,34H,7-8,13,18-20H2,(H,33,36)(H,35,38)(H,37,39). The van der Waals surface area contributed by atoms with Crippen molar-refractivity contribution in [3.63, 3.8) is 0 Å². The number of rotatable bonds is 13. The third-order valence-electron chi connectivity index (χ3n) is 7.24. The number of hydrogen-bond donors (Lipinski definition) is 4. The van der Waals surface area contributed by atoms with Crippen molar-refractivity contribution >= 4 is 11.8 Å². The van der Waals surface area contributed by atoms with Crippen molar-refractivity contribution < 1.29 is 9.59 Å². The molecule has 0 aliphatic heterocycles. The van der Waals surface area contributed by atoms with Crippen LogP contribution in [0.25, 0.3) is 11.1 Å². The van der Waals surface area contributed by atoms with Gasteiger partial charge in [0.15, 0.2) is 0 Å². The molecule has 3 atom stereocenters. The maximum Gasteiger partial charge on any atom is 0.269 e. The number of aromatic nitrogens is 2. The van der Waals surface area contributed by atoms with Crippen LogP contribution in [0, 0.1) is 0 Å². The summed E-state index contributed by atoms with van der Waals surface area (Å²) >= 11 is 0. The number of imidazole rings is 1. The Balaban J connectivity index is 1.10. The summed E-state index contributed by atoms with van der Waals surface area (Å²) in [6, 6.07) is 28.9. The first-order valence-corrected chi connectivity index (χ1v) is 13.7. The summed E-state index contributed by atoms with van der Waals surface area (Å²) in [5, 5.41) is 9.52. The lowest BCUT2D eigenvalue weighted by Crippen LogP contribution is -2.46.